The van der Waals surface area contributed by atoms with Crippen LogP contribution in [-0.2, 0) is 11.3 Å². The summed E-state index contributed by atoms with van der Waals surface area (Å²) in [5, 5.41) is 2.91. The molecule has 2 heterocycles. The number of aromatic nitrogens is 1. The number of carbonyl (C=O) groups is 2. The molecule has 1 unspecified atom stereocenters. The van der Waals surface area contributed by atoms with Crippen molar-refractivity contribution >= 4 is 11.9 Å². The molecule has 0 saturated heterocycles. The summed E-state index contributed by atoms with van der Waals surface area (Å²) in [5.41, 5.74) is 3.40. The van der Waals surface area contributed by atoms with Gasteiger partial charge in [0.15, 0.2) is 0 Å². The maximum Gasteiger partial charge on any atom is 0.318 e. The van der Waals surface area contributed by atoms with E-state index in [4.69, 9.17) is 0 Å². The lowest BCUT2D eigenvalue weighted by Crippen LogP contribution is -2.52. The third-order valence-corrected chi connectivity index (χ3v) is 5.44. The molecule has 6 nitrogen and oxygen atoms in total. The summed E-state index contributed by atoms with van der Waals surface area (Å²) in [6, 6.07) is 11.9. The van der Waals surface area contributed by atoms with Gasteiger partial charge in [0, 0.05) is 37.1 Å². The van der Waals surface area contributed by atoms with Crippen LogP contribution in [0.15, 0.2) is 42.6 Å². The number of carbonyl (C=O) groups excluding carboxylic acids is 2. The second-order valence-electron chi connectivity index (χ2n) is 8.30. The fourth-order valence-electron chi connectivity index (χ4n) is 3.93. The predicted molar refractivity (Wildman–Crippen MR) is 115 cm³/mol. The summed E-state index contributed by atoms with van der Waals surface area (Å²) in [7, 11) is 0. The van der Waals surface area contributed by atoms with Crippen molar-refractivity contribution in [2.24, 2.45) is 0 Å². The van der Waals surface area contributed by atoms with Crippen LogP contribution in [-0.4, -0.2) is 51.5 Å². The fourth-order valence-corrected chi connectivity index (χ4v) is 3.93. The first-order chi connectivity index (χ1) is 13.8. The SMILES string of the molecule is Cc1ccccc1C1c2cccn2CCN1C(=O)CN(C(=O)NC(C)C)C(C)C. The Morgan fingerprint density at radius 1 is 1.10 bits per heavy atom. The Labute approximate surface area is 173 Å². The molecule has 156 valence electrons. The molecule has 0 bridgehead atoms. The van der Waals surface area contributed by atoms with E-state index in [0.29, 0.717) is 6.54 Å². The van der Waals surface area contributed by atoms with E-state index in [1.807, 2.05) is 50.8 Å². The quantitative estimate of drug-likeness (QED) is 0.840. The molecular formula is C23H32N4O2. The van der Waals surface area contributed by atoms with Crippen LogP contribution in [0.3, 0.4) is 0 Å². The fraction of sp³-hybridized carbons (Fsp3) is 0.478. The number of amides is 3. The molecule has 3 rings (SSSR count). The van der Waals surface area contributed by atoms with Crippen LogP contribution >= 0.6 is 0 Å². The topological polar surface area (TPSA) is 57.6 Å². The molecule has 0 saturated carbocycles. The number of aryl methyl sites for hydroxylation is 1. The van der Waals surface area contributed by atoms with Crippen LogP contribution in [0.2, 0.25) is 0 Å². The summed E-state index contributed by atoms with van der Waals surface area (Å²) in [6.07, 6.45) is 2.07. The number of nitrogens with one attached hydrogen (secondary N) is 1. The van der Waals surface area contributed by atoms with Crippen LogP contribution in [0.5, 0.6) is 0 Å². The van der Waals surface area contributed by atoms with E-state index in [0.717, 1.165) is 23.4 Å². The Hall–Kier alpha value is -2.76. The number of hydrogen-bond acceptors (Lipinski definition) is 2. The molecule has 1 aliphatic rings. The number of benzene rings is 1. The maximum absolute atomic E-state index is 13.4. The van der Waals surface area contributed by atoms with E-state index in [1.165, 1.54) is 0 Å². The largest absolute Gasteiger partial charge is 0.348 e. The van der Waals surface area contributed by atoms with Gasteiger partial charge in [-0.05, 0) is 57.9 Å². The van der Waals surface area contributed by atoms with E-state index in [2.05, 4.69) is 41.2 Å². The monoisotopic (exact) mass is 396 g/mol. The van der Waals surface area contributed by atoms with Crippen molar-refractivity contribution in [3.8, 4) is 0 Å². The maximum atomic E-state index is 13.4. The zero-order valence-corrected chi connectivity index (χ0v) is 18.1. The lowest BCUT2D eigenvalue weighted by molar-refractivity contribution is -0.134. The van der Waals surface area contributed by atoms with Crippen molar-refractivity contribution in [3.05, 3.63) is 59.4 Å². The highest BCUT2D eigenvalue weighted by Gasteiger charge is 2.34. The third-order valence-electron chi connectivity index (χ3n) is 5.44. The first kappa shape index (κ1) is 21.0. The molecule has 0 spiro atoms. The Morgan fingerprint density at radius 2 is 1.83 bits per heavy atom. The number of hydrogen-bond donors (Lipinski definition) is 1. The first-order valence-corrected chi connectivity index (χ1v) is 10.4. The van der Waals surface area contributed by atoms with Crippen LogP contribution in [0.4, 0.5) is 4.79 Å². The number of urea groups is 1. The molecule has 1 aromatic heterocycles. The van der Waals surface area contributed by atoms with E-state index in [9.17, 15) is 9.59 Å². The molecular weight excluding hydrogens is 364 g/mol. The van der Waals surface area contributed by atoms with Gasteiger partial charge >= 0.3 is 6.03 Å². The highest BCUT2D eigenvalue weighted by Crippen LogP contribution is 2.34. The summed E-state index contributed by atoms with van der Waals surface area (Å²) in [4.78, 5) is 29.6. The van der Waals surface area contributed by atoms with Gasteiger partial charge in [-0.3, -0.25) is 4.79 Å². The smallest absolute Gasteiger partial charge is 0.318 e. The van der Waals surface area contributed by atoms with Crippen molar-refractivity contribution < 1.29 is 9.59 Å². The molecule has 2 aromatic rings. The van der Waals surface area contributed by atoms with Gasteiger partial charge < -0.3 is 19.7 Å². The number of nitrogens with zero attached hydrogens (tertiary/aromatic N) is 3. The lowest BCUT2D eigenvalue weighted by Gasteiger charge is -2.39. The first-order valence-electron chi connectivity index (χ1n) is 10.4. The second kappa shape index (κ2) is 8.72. The average Bonchev–Trinajstić information content (AvgIpc) is 3.13. The van der Waals surface area contributed by atoms with E-state index in [-0.39, 0.29) is 36.6 Å². The van der Waals surface area contributed by atoms with Crippen molar-refractivity contribution in [3.63, 3.8) is 0 Å². The van der Waals surface area contributed by atoms with Gasteiger partial charge in [0.05, 0.1) is 6.04 Å². The van der Waals surface area contributed by atoms with Crippen LogP contribution in [0.25, 0.3) is 0 Å². The Bertz CT molecular complexity index is 871. The average molecular weight is 397 g/mol. The minimum atomic E-state index is -0.198. The van der Waals surface area contributed by atoms with Crippen LogP contribution in [0, 0.1) is 6.92 Å². The van der Waals surface area contributed by atoms with Gasteiger partial charge in [-0.15, -0.1) is 0 Å². The summed E-state index contributed by atoms with van der Waals surface area (Å²) >= 11 is 0. The van der Waals surface area contributed by atoms with Crippen LogP contribution in [0.1, 0.15) is 50.6 Å². The number of fused-ring (bicyclic) bond motifs is 1. The predicted octanol–water partition coefficient (Wildman–Crippen LogP) is 3.56. The van der Waals surface area contributed by atoms with Gasteiger partial charge in [-0.1, -0.05) is 24.3 Å². The van der Waals surface area contributed by atoms with Crippen molar-refractivity contribution in [1.29, 1.82) is 0 Å². The normalized spacial score (nSPS) is 16.1. The second-order valence-corrected chi connectivity index (χ2v) is 8.30. The molecule has 1 aliphatic heterocycles. The van der Waals surface area contributed by atoms with E-state index < -0.39 is 0 Å². The summed E-state index contributed by atoms with van der Waals surface area (Å²) < 4.78 is 2.21. The zero-order valence-electron chi connectivity index (χ0n) is 18.1. The van der Waals surface area contributed by atoms with E-state index in [1.54, 1.807) is 4.90 Å². The third kappa shape index (κ3) is 4.47. The van der Waals surface area contributed by atoms with E-state index >= 15 is 0 Å². The Kier molecular flexibility index (Phi) is 6.30. The molecule has 3 amide bonds. The summed E-state index contributed by atoms with van der Waals surface area (Å²) in [6.45, 7) is 11.3. The Morgan fingerprint density at radius 3 is 2.48 bits per heavy atom. The molecule has 0 aliphatic carbocycles. The zero-order chi connectivity index (χ0) is 21.1. The lowest BCUT2D eigenvalue weighted by atomic mass is 9.95. The Balaban J connectivity index is 1.90. The minimum absolute atomic E-state index is 0.0248. The standard InChI is InChI=1S/C23H32N4O2/c1-16(2)24-23(29)27(17(3)4)15-21(28)26-14-13-25-12-8-11-20(25)22(26)19-10-7-6-9-18(19)5/h6-12,16-17,22H,13-15H2,1-5H3,(H,24,29). The highest BCUT2D eigenvalue weighted by atomic mass is 16.2. The van der Waals surface area contributed by atoms with Crippen molar-refractivity contribution in [2.45, 2.75) is 59.3 Å². The molecule has 1 atom stereocenters. The molecule has 29 heavy (non-hydrogen) atoms. The molecule has 1 aromatic carbocycles. The molecule has 1 N–H and O–H groups in total. The molecule has 6 heteroatoms. The van der Waals surface area contributed by atoms with Gasteiger partial charge in [0.25, 0.3) is 0 Å². The van der Waals surface area contributed by atoms with Gasteiger partial charge in [-0.25, -0.2) is 4.79 Å². The number of rotatable bonds is 5. The van der Waals surface area contributed by atoms with Gasteiger partial charge in [0.1, 0.15) is 6.54 Å². The van der Waals surface area contributed by atoms with Gasteiger partial charge in [0.2, 0.25) is 5.91 Å². The van der Waals surface area contributed by atoms with Crippen molar-refractivity contribution in [1.82, 2.24) is 19.7 Å². The van der Waals surface area contributed by atoms with Gasteiger partial charge in [-0.2, -0.15) is 0 Å². The van der Waals surface area contributed by atoms with Crippen LogP contribution < -0.4 is 5.32 Å². The molecule has 0 radical (unpaired) electrons. The minimum Gasteiger partial charge on any atom is -0.348 e. The highest BCUT2D eigenvalue weighted by molar-refractivity contribution is 5.85. The summed E-state index contributed by atoms with van der Waals surface area (Å²) in [5.74, 6) is -0.0293. The van der Waals surface area contributed by atoms with Crippen molar-refractivity contribution in [2.75, 3.05) is 13.1 Å². The molecule has 0 fully saturated rings.